The first kappa shape index (κ1) is 15.1. The molecule has 0 bridgehead atoms. The fraction of sp³-hybridized carbons (Fsp3) is 0.529. The molecule has 0 unspecified atom stereocenters. The van der Waals surface area contributed by atoms with Crippen LogP contribution in [0.15, 0.2) is 36.9 Å². The van der Waals surface area contributed by atoms with Gasteiger partial charge in [-0.2, -0.15) is 0 Å². The van der Waals surface area contributed by atoms with Crippen molar-refractivity contribution in [3.8, 4) is 5.75 Å². The van der Waals surface area contributed by atoms with Crippen molar-refractivity contribution in [3.63, 3.8) is 0 Å². The molecule has 1 saturated heterocycles. The van der Waals surface area contributed by atoms with Crippen LogP contribution >= 0.6 is 0 Å². The van der Waals surface area contributed by atoms with E-state index < -0.39 is 0 Å². The normalized spacial score (nSPS) is 23.5. The molecule has 3 heteroatoms. The van der Waals surface area contributed by atoms with Crippen LogP contribution in [0.3, 0.4) is 0 Å². The molecular weight excluding hydrogens is 250 g/mol. The van der Waals surface area contributed by atoms with Crippen molar-refractivity contribution in [1.82, 2.24) is 4.90 Å². The van der Waals surface area contributed by atoms with E-state index in [0.29, 0.717) is 0 Å². The van der Waals surface area contributed by atoms with E-state index in [2.05, 4.69) is 23.6 Å². The minimum atomic E-state index is 0.00642. The SMILES string of the molecule is C=CC[C@@]1(CO)CCCN(Cc2ccc(OC)cc2)C1. The van der Waals surface area contributed by atoms with Gasteiger partial charge in [-0.3, -0.25) is 4.90 Å². The van der Waals surface area contributed by atoms with Crippen molar-refractivity contribution in [1.29, 1.82) is 0 Å². The van der Waals surface area contributed by atoms with E-state index in [0.717, 1.165) is 44.6 Å². The van der Waals surface area contributed by atoms with Crippen LogP contribution in [0.1, 0.15) is 24.8 Å². The van der Waals surface area contributed by atoms with Crippen LogP contribution in [-0.2, 0) is 6.54 Å². The van der Waals surface area contributed by atoms with Crippen molar-refractivity contribution >= 4 is 0 Å². The van der Waals surface area contributed by atoms with Crippen molar-refractivity contribution in [2.24, 2.45) is 5.41 Å². The van der Waals surface area contributed by atoms with E-state index in [1.54, 1.807) is 7.11 Å². The molecule has 0 aliphatic carbocycles. The summed E-state index contributed by atoms with van der Waals surface area (Å²) in [7, 11) is 1.69. The maximum absolute atomic E-state index is 9.73. The molecule has 3 nitrogen and oxygen atoms in total. The number of likely N-dealkylation sites (tertiary alicyclic amines) is 1. The second-order valence-corrected chi connectivity index (χ2v) is 5.81. The van der Waals surface area contributed by atoms with Crippen molar-refractivity contribution in [3.05, 3.63) is 42.5 Å². The van der Waals surface area contributed by atoms with Crippen molar-refractivity contribution < 1.29 is 9.84 Å². The van der Waals surface area contributed by atoms with E-state index in [1.165, 1.54) is 5.56 Å². The van der Waals surface area contributed by atoms with Gasteiger partial charge in [0.15, 0.2) is 0 Å². The Kier molecular flexibility index (Phi) is 5.21. The van der Waals surface area contributed by atoms with E-state index in [-0.39, 0.29) is 12.0 Å². The zero-order chi connectivity index (χ0) is 14.4. The highest BCUT2D eigenvalue weighted by molar-refractivity contribution is 5.27. The van der Waals surface area contributed by atoms with Crippen LogP contribution in [0.25, 0.3) is 0 Å². The van der Waals surface area contributed by atoms with E-state index in [1.807, 2.05) is 18.2 Å². The van der Waals surface area contributed by atoms with E-state index in [9.17, 15) is 5.11 Å². The number of methoxy groups -OCH3 is 1. The Bertz CT molecular complexity index is 429. The Labute approximate surface area is 121 Å². The van der Waals surface area contributed by atoms with Crippen LogP contribution in [0.5, 0.6) is 5.75 Å². The van der Waals surface area contributed by atoms with Gasteiger partial charge in [0.1, 0.15) is 5.75 Å². The lowest BCUT2D eigenvalue weighted by Crippen LogP contribution is -2.44. The predicted molar refractivity (Wildman–Crippen MR) is 81.8 cm³/mol. The number of rotatable bonds is 6. The monoisotopic (exact) mass is 275 g/mol. The van der Waals surface area contributed by atoms with Gasteiger partial charge < -0.3 is 9.84 Å². The summed E-state index contributed by atoms with van der Waals surface area (Å²) >= 11 is 0. The quantitative estimate of drug-likeness (QED) is 0.810. The molecule has 0 radical (unpaired) electrons. The van der Waals surface area contributed by atoms with Gasteiger partial charge in [-0.1, -0.05) is 18.2 Å². The Morgan fingerprint density at radius 1 is 1.40 bits per heavy atom. The maximum Gasteiger partial charge on any atom is 0.118 e. The maximum atomic E-state index is 9.73. The van der Waals surface area contributed by atoms with Gasteiger partial charge in [0.2, 0.25) is 0 Å². The molecule has 1 aliphatic rings. The first-order valence-corrected chi connectivity index (χ1v) is 7.28. The standard InChI is InChI=1S/C17H25NO2/c1-3-9-17(14-19)10-4-11-18(13-17)12-15-5-7-16(20-2)8-6-15/h3,5-8,19H,1,4,9-14H2,2H3/t17-/m1/s1. The van der Waals surface area contributed by atoms with Crippen LogP contribution < -0.4 is 4.74 Å². The Morgan fingerprint density at radius 3 is 2.75 bits per heavy atom. The molecule has 1 aliphatic heterocycles. The number of nitrogens with zero attached hydrogens (tertiary/aromatic N) is 1. The largest absolute Gasteiger partial charge is 0.497 e. The van der Waals surface area contributed by atoms with Gasteiger partial charge in [-0.05, 0) is 43.5 Å². The summed E-state index contributed by atoms with van der Waals surface area (Å²) in [6.45, 7) is 7.06. The molecule has 1 heterocycles. The zero-order valence-electron chi connectivity index (χ0n) is 12.3. The highest BCUT2D eigenvalue weighted by Crippen LogP contribution is 2.34. The lowest BCUT2D eigenvalue weighted by atomic mass is 9.78. The van der Waals surface area contributed by atoms with Crippen molar-refractivity contribution in [2.75, 3.05) is 26.8 Å². The molecule has 20 heavy (non-hydrogen) atoms. The summed E-state index contributed by atoms with van der Waals surface area (Å²) in [5.41, 5.74) is 1.30. The molecule has 0 amide bonds. The van der Waals surface area contributed by atoms with E-state index in [4.69, 9.17) is 4.74 Å². The molecule has 0 saturated carbocycles. The lowest BCUT2D eigenvalue weighted by molar-refractivity contribution is 0.0309. The summed E-state index contributed by atoms with van der Waals surface area (Å²) in [4.78, 5) is 2.44. The number of hydrogen-bond acceptors (Lipinski definition) is 3. The topological polar surface area (TPSA) is 32.7 Å². The number of benzene rings is 1. The number of piperidine rings is 1. The second-order valence-electron chi connectivity index (χ2n) is 5.81. The number of allylic oxidation sites excluding steroid dienone is 1. The smallest absolute Gasteiger partial charge is 0.118 e. The van der Waals surface area contributed by atoms with Gasteiger partial charge in [0.25, 0.3) is 0 Å². The van der Waals surface area contributed by atoms with Gasteiger partial charge >= 0.3 is 0 Å². The highest BCUT2D eigenvalue weighted by Gasteiger charge is 2.33. The first-order chi connectivity index (χ1) is 9.71. The third-order valence-electron chi connectivity index (χ3n) is 4.22. The summed E-state index contributed by atoms with van der Waals surface area (Å²) < 4.78 is 5.18. The average molecular weight is 275 g/mol. The first-order valence-electron chi connectivity index (χ1n) is 7.28. The summed E-state index contributed by atoms with van der Waals surface area (Å²) in [5, 5.41) is 9.73. The number of ether oxygens (including phenoxy) is 1. The molecule has 0 spiro atoms. The molecule has 1 atom stereocenters. The average Bonchev–Trinajstić information content (AvgIpc) is 2.49. The summed E-state index contributed by atoms with van der Waals surface area (Å²) in [5.74, 6) is 0.892. The Morgan fingerprint density at radius 2 is 2.15 bits per heavy atom. The van der Waals surface area contributed by atoms with Crippen LogP contribution in [0.4, 0.5) is 0 Å². The van der Waals surface area contributed by atoms with Crippen LogP contribution in [0, 0.1) is 5.41 Å². The number of aliphatic hydroxyl groups is 1. The molecule has 1 aromatic rings. The molecule has 0 aromatic heterocycles. The fourth-order valence-corrected chi connectivity index (χ4v) is 3.10. The minimum Gasteiger partial charge on any atom is -0.497 e. The molecule has 110 valence electrons. The molecule has 1 aromatic carbocycles. The zero-order valence-corrected chi connectivity index (χ0v) is 12.3. The van der Waals surface area contributed by atoms with Crippen molar-refractivity contribution in [2.45, 2.75) is 25.8 Å². The lowest BCUT2D eigenvalue weighted by Gasteiger charge is -2.41. The molecule has 1 N–H and O–H groups in total. The Hall–Kier alpha value is -1.32. The Balaban J connectivity index is 1.99. The van der Waals surface area contributed by atoms with Gasteiger partial charge in [0, 0.05) is 18.5 Å². The summed E-state index contributed by atoms with van der Waals surface area (Å²) in [6.07, 6.45) is 5.06. The summed E-state index contributed by atoms with van der Waals surface area (Å²) in [6, 6.07) is 8.23. The van der Waals surface area contributed by atoms with E-state index >= 15 is 0 Å². The minimum absolute atomic E-state index is 0.00642. The predicted octanol–water partition coefficient (Wildman–Crippen LogP) is 2.85. The second kappa shape index (κ2) is 6.91. The molecular formula is C17H25NO2. The van der Waals surface area contributed by atoms with Gasteiger partial charge in [-0.25, -0.2) is 0 Å². The highest BCUT2D eigenvalue weighted by atomic mass is 16.5. The fourth-order valence-electron chi connectivity index (χ4n) is 3.10. The molecule has 1 fully saturated rings. The van der Waals surface area contributed by atoms with Gasteiger partial charge in [0.05, 0.1) is 13.7 Å². The van der Waals surface area contributed by atoms with Crippen LogP contribution in [0.2, 0.25) is 0 Å². The van der Waals surface area contributed by atoms with Gasteiger partial charge in [-0.15, -0.1) is 6.58 Å². The third kappa shape index (κ3) is 3.62. The van der Waals surface area contributed by atoms with Crippen LogP contribution in [-0.4, -0.2) is 36.8 Å². The number of aliphatic hydroxyl groups excluding tert-OH is 1. The third-order valence-corrected chi connectivity index (χ3v) is 4.22. The molecule has 2 rings (SSSR count). The number of hydrogen-bond donors (Lipinski definition) is 1.